The fourth-order valence-corrected chi connectivity index (χ4v) is 2.87. The van der Waals surface area contributed by atoms with Gasteiger partial charge in [0.15, 0.2) is 0 Å². The van der Waals surface area contributed by atoms with Gasteiger partial charge in [-0.25, -0.2) is 18.1 Å². The van der Waals surface area contributed by atoms with E-state index in [4.69, 9.17) is 0 Å². The third-order valence-electron chi connectivity index (χ3n) is 2.02. The quantitative estimate of drug-likeness (QED) is 0.701. The molecule has 16 heavy (non-hydrogen) atoms. The summed E-state index contributed by atoms with van der Waals surface area (Å²) in [6.45, 7) is 4.25. The van der Waals surface area contributed by atoms with Gasteiger partial charge < -0.3 is 4.98 Å². The SMILES string of the molecule is CC(C)CS(=O)(=O)NCCCc1ncc[nH]1. The molecule has 0 aliphatic carbocycles. The lowest BCUT2D eigenvalue weighted by atomic mass is 10.3. The van der Waals surface area contributed by atoms with E-state index < -0.39 is 10.0 Å². The molecular formula is C10H19N3O2S. The van der Waals surface area contributed by atoms with E-state index in [-0.39, 0.29) is 11.7 Å². The number of rotatable bonds is 7. The van der Waals surface area contributed by atoms with E-state index in [9.17, 15) is 8.42 Å². The molecule has 0 aliphatic heterocycles. The summed E-state index contributed by atoms with van der Waals surface area (Å²) < 4.78 is 25.5. The Labute approximate surface area is 96.7 Å². The van der Waals surface area contributed by atoms with Crippen molar-refractivity contribution in [3.63, 3.8) is 0 Å². The first-order valence-corrected chi connectivity index (χ1v) is 7.10. The van der Waals surface area contributed by atoms with Crippen LogP contribution in [0.25, 0.3) is 0 Å². The minimum Gasteiger partial charge on any atom is -0.349 e. The zero-order chi connectivity index (χ0) is 12.0. The molecular weight excluding hydrogens is 226 g/mol. The molecule has 5 nitrogen and oxygen atoms in total. The molecule has 0 aromatic carbocycles. The molecule has 0 spiro atoms. The van der Waals surface area contributed by atoms with E-state index >= 15 is 0 Å². The largest absolute Gasteiger partial charge is 0.349 e. The Balaban J connectivity index is 2.20. The van der Waals surface area contributed by atoms with Crippen molar-refractivity contribution >= 4 is 10.0 Å². The Bertz CT molecular complexity index is 384. The Hall–Kier alpha value is -0.880. The number of aromatic nitrogens is 2. The fourth-order valence-electron chi connectivity index (χ4n) is 1.42. The molecule has 0 unspecified atom stereocenters. The average Bonchev–Trinajstić information content (AvgIpc) is 2.62. The summed E-state index contributed by atoms with van der Waals surface area (Å²) in [7, 11) is -3.10. The maximum absolute atomic E-state index is 11.5. The van der Waals surface area contributed by atoms with Gasteiger partial charge in [0, 0.05) is 25.4 Å². The molecule has 0 amide bonds. The van der Waals surface area contributed by atoms with Gasteiger partial charge in [0.1, 0.15) is 5.82 Å². The lowest BCUT2D eigenvalue weighted by molar-refractivity contribution is 0.565. The van der Waals surface area contributed by atoms with Crippen LogP contribution in [0.1, 0.15) is 26.1 Å². The molecule has 0 radical (unpaired) electrons. The number of sulfonamides is 1. The van der Waals surface area contributed by atoms with Crippen molar-refractivity contribution < 1.29 is 8.42 Å². The lowest BCUT2D eigenvalue weighted by Gasteiger charge is -2.07. The third kappa shape index (κ3) is 5.27. The number of hydrogen-bond acceptors (Lipinski definition) is 3. The van der Waals surface area contributed by atoms with E-state index in [1.165, 1.54) is 0 Å². The van der Waals surface area contributed by atoms with E-state index in [2.05, 4.69) is 14.7 Å². The highest BCUT2D eigenvalue weighted by molar-refractivity contribution is 7.89. The molecule has 1 heterocycles. The summed E-state index contributed by atoms with van der Waals surface area (Å²) in [6, 6.07) is 0. The molecule has 1 rings (SSSR count). The van der Waals surface area contributed by atoms with Gasteiger partial charge in [-0.2, -0.15) is 0 Å². The molecule has 0 bridgehead atoms. The first-order valence-electron chi connectivity index (χ1n) is 5.45. The normalized spacial score (nSPS) is 12.2. The second-order valence-corrected chi connectivity index (χ2v) is 6.06. The summed E-state index contributed by atoms with van der Waals surface area (Å²) in [5.74, 6) is 1.24. The molecule has 0 fully saturated rings. The van der Waals surface area contributed by atoms with Crippen LogP contribution in [0.2, 0.25) is 0 Å². The predicted octanol–water partition coefficient (Wildman–Crippen LogP) is 0.918. The molecule has 0 saturated carbocycles. The maximum Gasteiger partial charge on any atom is 0.211 e. The van der Waals surface area contributed by atoms with Crippen LogP contribution in [0, 0.1) is 5.92 Å². The van der Waals surface area contributed by atoms with Crippen molar-refractivity contribution in [1.29, 1.82) is 0 Å². The molecule has 1 aromatic heterocycles. The predicted molar refractivity (Wildman–Crippen MR) is 63.5 cm³/mol. The van der Waals surface area contributed by atoms with Gasteiger partial charge in [-0.05, 0) is 12.3 Å². The van der Waals surface area contributed by atoms with Gasteiger partial charge in [0.25, 0.3) is 0 Å². The van der Waals surface area contributed by atoms with Crippen LogP contribution in [-0.4, -0.2) is 30.7 Å². The third-order valence-corrected chi connectivity index (χ3v) is 3.77. The smallest absolute Gasteiger partial charge is 0.211 e. The summed E-state index contributed by atoms with van der Waals surface area (Å²) in [4.78, 5) is 7.04. The van der Waals surface area contributed by atoms with Gasteiger partial charge >= 0.3 is 0 Å². The Morgan fingerprint density at radius 2 is 2.25 bits per heavy atom. The molecule has 0 saturated heterocycles. The number of aromatic amines is 1. The van der Waals surface area contributed by atoms with E-state index in [1.807, 2.05) is 13.8 Å². The molecule has 92 valence electrons. The Kier molecular flexibility index (Phi) is 4.95. The van der Waals surface area contributed by atoms with E-state index in [0.717, 1.165) is 18.7 Å². The van der Waals surface area contributed by atoms with E-state index in [1.54, 1.807) is 12.4 Å². The van der Waals surface area contributed by atoms with Gasteiger partial charge in [-0.3, -0.25) is 0 Å². The van der Waals surface area contributed by atoms with Crippen molar-refractivity contribution in [2.75, 3.05) is 12.3 Å². The second-order valence-electron chi connectivity index (χ2n) is 4.21. The van der Waals surface area contributed by atoms with Gasteiger partial charge in [0.05, 0.1) is 5.75 Å². The summed E-state index contributed by atoms with van der Waals surface area (Å²) in [5, 5.41) is 0. The topological polar surface area (TPSA) is 74.8 Å². The Morgan fingerprint density at radius 1 is 1.50 bits per heavy atom. The number of aryl methyl sites for hydroxylation is 1. The number of nitrogens with one attached hydrogen (secondary N) is 2. The van der Waals surface area contributed by atoms with Crippen molar-refractivity contribution in [2.45, 2.75) is 26.7 Å². The second kappa shape index (κ2) is 6.00. The van der Waals surface area contributed by atoms with Crippen LogP contribution >= 0.6 is 0 Å². The average molecular weight is 245 g/mol. The fraction of sp³-hybridized carbons (Fsp3) is 0.700. The number of nitrogens with zero attached hydrogens (tertiary/aromatic N) is 1. The highest BCUT2D eigenvalue weighted by Gasteiger charge is 2.11. The Morgan fingerprint density at radius 3 is 2.81 bits per heavy atom. The van der Waals surface area contributed by atoms with Crippen molar-refractivity contribution in [3.05, 3.63) is 18.2 Å². The first kappa shape index (κ1) is 13.2. The van der Waals surface area contributed by atoms with Crippen LogP contribution in [-0.2, 0) is 16.4 Å². The van der Waals surface area contributed by atoms with Crippen LogP contribution in [0.3, 0.4) is 0 Å². The number of H-pyrrole nitrogens is 1. The van der Waals surface area contributed by atoms with Crippen LogP contribution < -0.4 is 4.72 Å². The summed E-state index contributed by atoms with van der Waals surface area (Å²) >= 11 is 0. The molecule has 0 aliphatic rings. The van der Waals surface area contributed by atoms with Crippen LogP contribution in [0.15, 0.2) is 12.4 Å². The monoisotopic (exact) mass is 245 g/mol. The molecule has 0 atom stereocenters. The van der Waals surface area contributed by atoms with Crippen LogP contribution in [0.4, 0.5) is 0 Å². The van der Waals surface area contributed by atoms with Crippen molar-refractivity contribution in [2.24, 2.45) is 5.92 Å². The standard InChI is InChI=1S/C10H19N3O2S/c1-9(2)8-16(14,15)13-5-3-4-10-11-6-7-12-10/h6-7,9,13H,3-5,8H2,1-2H3,(H,11,12). The molecule has 1 aromatic rings. The van der Waals surface area contributed by atoms with Crippen molar-refractivity contribution in [3.8, 4) is 0 Å². The van der Waals surface area contributed by atoms with Gasteiger partial charge in [0.2, 0.25) is 10.0 Å². The highest BCUT2D eigenvalue weighted by Crippen LogP contribution is 1.98. The maximum atomic E-state index is 11.5. The number of imidazole rings is 1. The minimum atomic E-state index is -3.10. The first-order chi connectivity index (χ1) is 7.49. The minimum absolute atomic E-state index is 0.155. The molecule has 2 N–H and O–H groups in total. The van der Waals surface area contributed by atoms with Gasteiger partial charge in [-0.15, -0.1) is 0 Å². The highest BCUT2D eigenvalue weighted by atomic mass is 32.2. The number of hydrogen-bond donors (Lipinski definition) is 2. The summed E-state index contributed by atoms with van der Waals surface area (Å²) in [5.41, 5.74) is 0. The zero-order valence-electron chi connectivity index (χ0n) is 9.73. The van der Waals surface area contributed by atoms with Crippen molar-refractivity contribution in [1.82, 2.24) is 14.7 Å². The van der Waals surface area contributed by atoms with E-state index in [0.29, 0.717) is 6.54 Å². The van der Waals surface area contributed by atoms with Crippen LogP contribution in [0.5, 0.6) is 0 Å². The molecule has 6 heteroatoms. The zero-order valence-corrected chi connectivity index (χ0v) is 10.5. The lowest BCUT2D eigenvalue weighted by Crippen LogP contribution is -2.29. The summed E-state index contributed by atoms with van der Waals surface area (Å²) in [6.07, 6.45) is 4.97. The van der Waals surface area contributed by atoms with Gasteiger partial charge in [-0.1, -0.05) is 13.8 Å².